The van der Waals surface area contributed by atoms with Crippen LogP contribution in [0.5, 0.6) is 0 Å². The average Bonchev–Trinajstić information content (AvgIpc) is 2.72. The molecule has 30 heavy (non-hydrogen) atoms. The van der Waals surface area contributed by atoms with Crippen molar-refractivity contribution in [1.82, 2.24) is 14.9 Å². The van der Waals surface area contributed by atoms with Crippen LogP contribution in [0.15, 0.2) is 24.3 Å². The number of anilines is 1. The van der Waals surface area contributed by atoms with E-state index in [1.165, 1.54) is 12.1 Å². The molecule has 160 valence electrons. The van der Waals surface area contributed by atoms with Gasteiger partial charge < -0.3 is 9.80 Å². The summed E-state index contributed by atoms with van der Waals surface area (Å²) in [5, 5.41) is 0. The van der Waals surface area contributed by atoms with Gasteiger partial charge in [-0.05, 0) is 49.9 Å². The average molecular weight is 418 g/mol. The van der Waals surface area contributed by atoms with E-state index in [9.17, 15) is 18.0 Å². The summed E-state index contributed by atoms with van der Waals surface area (Å²) in [6.45, 7) is 6.85. The number of hydrogen-bond acceptors (Lipinski definition) is 4. The first kappa shape index (κ1) is 20.6. The highest BCUT2D eigenvalue weighted by Crippen LogP contribution is 2.32. The highest BCUT2D eigenvalue weighted by molar-refractivity contribution is 5.94. The van der Waals surface area contributed by atoms with Gasteiger partial charge in [-0.2, -0.15) is 13.2 Å². The number of fused-ring (bicyclic) bond motifs is 1. The lowest BCUT2D eigenvalue weighted by Gasteiger charge is -2.36. The van der Waals surface area contributed by atoms with Gasteiger partial charge in [-0.1, -0.05) is 6.92 Å². The summed E-state index contributed by atoms with van der Waals surface area (Å²) in [6, 6.07) is 4.41. The van der Waals surface area contributed by atoms with Gasteiger partial charge in [-0.15, -0.1) is 0 Å². The van der Waals surface area contributed by atoms with Crippen LogP contribution in [0.2, 0.25) is 0 Å². The fourth-order valence-corrected chi connectivity index (χ4v) is 4.16. The van der Waals surface area contributed by atoms with Crippen LogP contribution < -0.4 is 4.90 Å². The van der Waals surface area contributed by atoms with E-state index in [4.69, 9.17) is 4.98 Å². The third-order valence-electron chi connectivity index (χ3n) is 5.98. The fourth-order valence-electron chi connectivity index (χ4n) is 4.16. The van der Waals surface area contributed by atoms with Crippen LogP contribution in [-0.2, 0) is 19.1 Å². The van der Waals surface area contributed by atoms with E-state index < -0.39 is 11.7 Å². The summed E-state index contributed by atoms with van der Waals surface area (Å²) in [5.41, 5.74) is 1.43. The Morgan fingerprint density at radius 1 is 1.07 bits per heavy atom. The Morgan fingerprint density at radius 2 is 1.73 bits per heavy atom. The van der Waals surface area contributed by atoms with Gasteiger partial charge in [-0.3, -0.25) is 4.79 Å². The molecule has 0 N–H and O–H groups in total. The van der Waals surface area contributed by atoms with Crippen molar-refractivity contribution in [3.63, 3.8) is 0 Å². The Kier molecular flexibility index (Phi) is 5.42. The summed E-state index contributed by atoms with van der Waals surface area (Å²) in [4.78, 5) is 26.2. The van der Waals surface area contributed by atoms with E-state index in [1.54, 1.807) is 4.90 Å². The second-order valence-corrected chi connectivity index (χ2v) is 8.24. The highest BCUT2D eigenvalue weighted by atomic mass is 19.4. The molecule has 3 heterocycles. The van der Waals surface area contributed by atoms with Gasteiger partial charge in [0.05, 0.1) is 17.8 Å². The number of halogens is 3. The van der Waals surface area contributed by atoms with Crippen LogP contribution in [0.25, 0.3) is 0 Å². The monoisotopic (exact) mass is 418 g/mol. The number of rotatable bonds is 2. The molecule has 1 aromatic carbocycles. The molecule has 2 aliphatic heterocycles. The number of nitrogens with zero attached hydrogens (tertiary/aromatic N) is 4. The molecule has 1 saturated heterocycles. The number of aryl methyl sites for hydroxylation is 1. The summed E-state index contributed by atoms with van der Waals surface area (Å²) in [5.74, 6) is 2.05. The molecule has 2 aromatic rings. The van der Waals surface area contributed by atoms with Crippen LogP contribution >= 0.6 is 0 Å². The molecule has 5 nitrogen and oxygen atoms in total. The van der Waals surface area contributed by atoms with Gasteiger partial charge >= 0.3 is 6.18 Å². The lowest BCUT2D eigenvalue weighted by molar-refractivity contribution is -0.137. The molecule has 2 aliphatic rings. The standard InChI is InChI=1S/C22H25F3N4O/c1-14-7-10-28(11-8-14)20-18-13-29(12-9-19(18)26-15(2)27-20)21(30)16-3-5-17(6-4-16)22(23,24)25/h3-6,14H,7-13H2,1-2H3. The smallest absolute Gasteiger partial charge is 0.356 e. The van der Waals surface area contributed by atoms with Crippen LogP contribution in [-0.4, -0.2) is 40.4 Å². The van der Waals surface area contributed by atoms with Crippen LogP contribution in [0.3, 0.4) is 0 Å². The quantitative estimate of drug-likeness (QED) is 0.732. The van der Waals surface area contributed by atoms with Crippen molar-refractivity contribution < 1.29 is 18.0 Å². The van der Waals surface area contributed by atoms with Gasteiger partial charge in [-0.25, -0.2) is 9.97 Å². The summed E-state index contributed by atoms with van der Waals surface area (Å²) < 4.78 is 38.4. The predicted octanol–water partition coefficient (Wildman–Crippen LogP) is 4.24. The van der Waals surface area contributed by atoms with E-state index in [-0.39, 0.29) is 11.5 Å². The topological polar surface area (TPSA) is 49.3 Å². The SMILES string of the molecule is Cc1nc2c(c(N3CCC(C)CC3)n1)CN(C(=O)c1ccc(C(F)(F)F)cc1)CC2. The molecular formula is C22H25F3N4O. The number of piperidine rings is 1. The number of carbonyl (C=O) groups is 1. The van der Waals surface area contributed by atoms with E-state index in [2.05, 4.69) is 16.8 Å². The molecule has 4 rings (SSSR count). The van der Waals surface area contributed by atoms with Crippen molar-refractivity contribution in [3.8, 4) is 0 Å². The van der Waals surface area contributed by atoms with Crippen molar-refractivity contribution >= 4 is 11.7 Å². The van der Waals surface area contributed by atoms with Gasteiger partial charge in [0.1, 0.15) is 11.6 Å². The van der Waals surface area contributed by atoms with Gasteiger partial charge in [0.25, 0.3) is 5.91 Å². The molecule has 0 atom stereocenters. The third kappa shape index (κ3) is 4.13. The van der Waals surface area contributed by atoms with E-state index in [0.29, 0.717) is 25.4 Å². The van der Waals surface area contributed by atoms with Crippen molar-refractivity contribution in [2.75, 3.05) is 24.5 Å². The van der Waals surface area contributed by atoms with Crippen molar-refractivity contribution in [2.45, 2.75) is 45.8 Å². The fraction of sp³-hybridized carbons (Fsp3) is 0.500. The summed E-state index contributed by atoms with van der Waals surface area (Å²) in [7, 11) is 0. The molecule has 0 radical (unpaired) electrons. The lowest BCUT2D eigenvalue weighted by Crippen LogP contribution is -2.40. The summed E-state index contributed by atoms with van der Waals surface area (Å²) >= 11 is 0. The largest absolute Gasteiger partial charge is 0.416 e. The number of carbonyl (C=O) groups excluding carboxylic acids is 1. The Balaban J connectivity index is 1.57. The number of benzene rings is 1. The molecule has 0 spiro atoms. The van der Waals surface area contributed by atoms with E-state index >= 15 is 0 Å². The van der Waals surface area contributed by atoms with Gasteiger partial charge in [0.15, 0.2) is 0 Å². The number of amides is 1. The first-order chi connectivity index (χ1) is 14.2. The highest BCUT2D eigenvalue weighted by Gasteiger charge is 2.32. The molecule has 1 fully saturated rings. The molecule has 1 aromatic heterocycles. The van der Waals surface area contributed by atoms with Crippen molar-refractivity contribution in [3.05, 3.63) is 52.5 Å². The van der Waals surface area contributed by atoms with E-state index in [1.807, 2.05) is 6.92 Å². The zero-order valence-corrected chi connectivity index (χ0v) is 17.2. The second-order valence-electron chi connectivity index (χ2n) is 8.24. The maximum absolute atomic E-state index is 13.0. The number of alkyl halides is 3. The second kappa shape index (κ2) is 7.89. The lowest BCUT2D eigenvalue weighted by atomic mass is 9.98. The maximum atomic E-state index is 13.0. The number of aromatic nitrogens is 2. The van der Waals surface area contributed by atoms with Gasteiger partial charge in [0, 0.05) is 37.2 Å². The minimum absolute atomic E-state index is 0.257. The Labute approximate surface area is 173 Å². The Bertz CT molecular complexity index is 935. The zero-order valence-electron chi connectivity index (χ0n) is 17.2. The molecule has 1 amide bonds. The molecule has 0 unspecified atom stereocenters. The Hall–Kier alpha value is -2.64. The Morgan fingerprint density at radius 3 is 2.37 bits per heavy atom. The van der Waals surface area contributed by atoms with Crippen molar-refractivity contribution in [1.29, 1.82) is 0 Å². The van der Waals surface area contributed by atoms with E-state index in [0.717, 1.165) is 61.0 Å². The predicted molar refractivity (Wildman–Crippen MR) is 107 cm³/mol. The molecular weight excluding hydrogens is 393 g/mol. The molecule has 0 bridgehead atoms. The summed E-state index contributed by atoms with van der Waals surface area (Å²) in [6.07, 6.45) is -1.60. The first-order valence-corrected chi connectivity index (χ1v) is 10.3. The van der Waals surface area contributed by atoms with Crippen LogP contribution in [0, 0.1) is 12.8 Å². The normalized spacial score (nSPS) is 17.8. The van der Waals surface area contributed by atoms with Crippen LogP contribution in [0.1, 0.15) is 52.8 Å². The molecule has 8 heteroatoms. The molecule has 0 aliphatic carbocycles. The third-order valence-corrected chi connectivity index (χ3v) is 5.98. The van der Waals surface area contributed by atoms with Gasteiger partial charge in [0.2, 0.25) is 0 Å². The van der Waals surface area contributed by atoms with Crippen molar-refractivity contribution in [2.24, 2.45) is 5.92 Å². The zero-order chi connectivity index (χ0) is 21.5. The number of hydrogen-bond donors (Lipinski definition) is 0. The first-order valence-electron chi connectivity index (χ1n) is 10.3. The maximum Gasteiger partial charge on any atom is 0.416 e. The molecule has 0 saturated carbocycles. The minimum atomic E-state index is -4.41. The van der Waals surface area contributed by atoms with Crippen LogP contribution in [0.4, 0.5) is 19.0 Å². The minimum Gasteiger partial charge on any atom is -0.356 e.